The van der Waals surface area contributed by atoms with Gasteiger partial charge in [0.1, 0.15) is 21.4 Å². The third-order valence-corrected chi connectivity index (χ3v) is 10.4. The molecule has 4 N–H and O–H groups in total. The van der Waals surface area contributed by atoms with Gasteiger partial charge in [-0.3, -0.25) is 9.59 Å². The lowest BCUT2D eigenvalue weighted by Crippen LogP contribution is -2.76. The molecule has 1 aromatic heterocycles. The summed E-state index contributed by atoms with van der Waals surface area (Å²) in [5, 5.41) is 16.3. The minimum absolute atomic E-state index is 0.0238. The van der Waals surface area contributed by atoms with Crippen molar-refractivity contribution in [1.82, 2.24) is 15.2 Å². The number of aliphatic carboxylic acids is 1. The molecular formula is C31H24ClN5O5S3. The van der Waals surface area contributed by atoms with Gasteiger partial charge < -0.3 is 25.9 Å². The number of halogens is 1. The number of thiocarbonyl (C=S) groups is 1. The van der Waals surface area contributed by atoms with Gasteiger partial charge in [0.2, 0.25) is 11.5 Å². The molecule has 0 aliphatic carbocycles. The molecule has 3 aromatic carbocycles. The maximum Gasteiger partial charge on any atom is 0.331 e. The number of aromatic nitrogens is 1. The summed E-state index contributed by atoms with van der Waals surface area (Å²) in [6.45, 7) is 0. The zero-order valence-electron chi connectivity index (χ0n) is 23.2. The molecule has 0 saturated carbocycles. The topological polar surface area (TPSA) is 147 Å². The van der Waals surface area contributed by atoms with Gasteiger partial charge in [-0.2, -0.15) is 0 Å². The molecule has 1 unspecified atom stereocenters. The van der Waals surface area contributed by atoms with Crippen molar-refractivity contribution in [3.63, 3.8) is 0 Å². The molecule has 2 saturated heterocycles. The van der Waals surface area contributed by atoms with E-state index in [1.165, 1.54) is 16.7 Å². The number of fused-ring (bicyclic) bond motifs is 1. The Balaban J connectivity index is 1.43. The Bertz CT molecular complexity index is 1710. The Morgan fingerprint density at radius 1 is 1.02 bits per heavy atom. The largest absolute Gasteiger partial charge is 0.479 e. The van der Waals surface area contributed by atoms with Crippen LogP contribution in [-0.2, 0) is 24.8 Å². The highest BCUT2D eigenvalue weighted by Gasteiger charge is 2.57. The number of anilines is 1. The second kappa shape index (κ2) is 12.6. The predicted octanol–water partition coefficient (Wildman–Crippen LogP) is 4.31. The molecule has 14 heteroatoms. The highest BCUT2D eigenvalue weighted by molar-refractivity contribution is 8.02. The molecule has 2 aliphatic heterocycles. The smallest absolute Gasteiger partial charge is 0.331 e. The summed E-state index contributed by atoms with van der Waals surface area (Å²) in [6, 6.07) is 26.0. The number of nitrogen functional groups attached to an aromatic ring is 1. The number of benzene rings is 3. The highest BCUT2D eigenvalue weighted by atomic mass is 35.5. The maximum atomic E-state index is 14.0. The Morgan fingerprint density at radius 2 is 1.56 bits per heavy atom. The van der Waals surface area contributed by atoms with Crippen LogP contribution in [0.1, 0.15) is 22.4 Å². The van der Waals surface area contributed by atoms with Gasteiger partial charge in [0.05, 0.1) is 0 Å². The van der Waals surface area contributed by atoms with Crippen LogP contribution >= 0.6 is 46.9 Å². The van der Waals surface area contributed by atoms with Crippen molar-refractivity contribution in [3.8, 4) is 0 Å². The van der Waals surface area contributed by atoms with Crippen molar-refractivity contribution >= 4 is 80.4 Å². The van der Waals surface area contributed by atoms with E-state index in [2.05, 4.69) is 15.5 Å². The Hall–Kier alpha value is -4.30. The Kier molecular flexibility index (Phi) is 8.60. The van der Waals surface area contributed by atoms with Gasteiger partial charge in [0, 0.05) is 27.3 Å². The van der Waals surface area contributed by atoms with Crippen LogP contribution in [0.4, 0.5) is 5.13 Å². The fraction of sp³-hybridized carbons (Fsp3) is 0.161. The number of thiazole rings is 1. The van der Waals surface area contributed by atoms with Gasteiger partial charge in [0.25, 0.3) is 5.91 Å². The summed E-state index contributed by atoms with van der Waals surface area (Å²) < 4.78 is 0.0969. The number of carboxylic acids is 1. The third kappa shape index (κ3) is 5.56. The van der Waals surface area contributed by atoms with Crippen molar-refractivity contribution in [1.29, 1.82) is 0 Å². The molecule has 0 spiro atoms. The number of hydrogen-bond acceptors (Lipinski definition) is 10. The Labute approximate surface area is 276 Å². The summed E-state index contributed by atoms with van der Waals surface area (Å²) >= 11 is 13.9. The maximum absolute atomic E-state index is 14.0. The van der Waals surface area contributed by atoms with Crippen LogP contribution in [0.3, 0.4) is 0 Å². The summed E-state index contributed by atoms with van der Waals surface area (Å²) in [5.41, 5.74) is 6.48. The minimum Gasteiger partial charge on any atom is -0.479 e. The molecule has 6 rings (SSSR count). The van der Waals surface area contributed by atoms with E-state index < -0.39 is 40.8 Å². The van der Waals surface area contributed by atoms with Crippen LogP contribution in [0.25, 0.3) is 0 Å². The summed E-state index contributed by atoms with van der Waals surface area (Å²) in [6.07, 6.45) is 0. The van der Waals surface area contributed by atoms with Gasteiger partial charge >= 0.3 is 5.97 Å². The van der Waals surface area contributed by atoms with E-state index in [4.69, 9.17) is 34.4 Å². The van der Waals surface area contributed by atoms with E-state index in [9.17, 15) is 19.5 Å². The van der Waals surface area contributed by atoms with Crippen molar-refractivity contribution in [3.05, 3.63) is 118 Å². The van der Waals surface area contributed by atoms with Crippen LogP contribution in [0.5, 0.6) is 0 Å². The zero-order chi connectivity index (χ0) is 31.7. The quantitative estimate of drug-likeness (QED) is 0.0775. The lowest BCUT2D eigenvalue weighted by molar-refractivity contribution is -0.158. The molecule has 10 nitrogen and oxygen atoms in total. The molecule has 2 fully saturated rings. The van der Waals surface area contributed by atoms with Crippen molar-refractivity contribution < 1.29 is 24.3 Å². The van der Waals surface area contributed by atoms with Crippen LogP contribution in [-0.4, -0.2) is 66.6 Å². The molecular weight excluding hydrogens is 654 g/mol. The van der Waals surface area contributed by atoms with Crippen LogP contribution < -0.4 is 11.1 Å². The van der Waals surface area contributed by atoms with E-state index in [0.29, 0.717) is 0 Å². The number of carboxylic acid groups (broad SMARTS) is 1. The molecule has 0 bridgehead atoms. The highest BCUT2D eigenvalue weighted by Crippen LogP contribution is 2.41. The summed E-state index contributed by atoms with van der Waals surface area (Å²) in [7, 11) is 0. The second-order valence-electron chi connectivity index (χ2n) is 10.1. The molecule has 2 aliphatic rings. The SMILES string of the molecule is Nc1nc(C(=NOC(c2ccccc2)(c2ccccc2)c2ccccc2)C(=O)N[C@@H]2C(=O)N3C(C(=O)O)C(=S)CS[C@@H]23)c(Cl)s1. The fourth-order valence-electron chi connectivity index (χ4n) is 5.38. The number of nitrogens with one attached hydrogen (secondary N) is 1. The summed E-state index contributed by atoms with van der Waals surface area (Å²) in [4.78, 5) is 51.1. The van der Waals surface area contributed by atoms with E-state index in [1.54, 1.807) is 0 Å². The standard InChI is InChI=1S/C31H24ClN5O5S3/c32-25-21(35-30(33)45-25)22(26(38)34-23-27(39)37-24(29(40)41)20(43)16-44-28(23)37)36-42-31(17-10-4-1-5-11-17,18-12-6-2-7-13-18)19-14-8-3-9-15-19/h1-15,23-24,28H,16H2,(H2,33,35)(H,34,38)(H,40,41)/t23-,24?,28+/m1/s1. The van der Waals surface area contributed by atoms with E-state index in [1.807, 2.05) is 91.0 Å². The number of nitrogens with zero attached hydrogens (tertiary/aromatic N) is 3. The van der Waals surface area contributed by atoms with Crippen molar-refractivity contribution in [2.45, 2.75) is 23.1 Å². The van der Waals surface area contributed by atoms with Crippen LogP contribution in [0, 0.1) is 0 Å². The molecule has 0 radical (unpaired) electrons. The fourth-order valence-corrected chi connectivity index (χ4v) is 7.99. The van der Waals surface area contributed by atoms with Crippen molar-refractivity contribution in [2.75, 3.05) is 11.5 Å². The average molecular weight is 678 g/mol. The number of carbonyl (C=O) groups excluding carboxylic acids is 2. The number of oxime groups is 1. The molecule has 4 aromatic rings. The number of carbonyl (C=O) groups is 3. The monoisotopic (exact) mass is 677 g/mol. The van der Waals surface area contributed by atoms with Gasteiger partial charge in [-0.1, -0.05) is 131 Å². The van der Waals surface area contributed by atoms with E-state index >= 15 is 0 Å². The second-order valence-corrected chi connectivity index (χ2v) is 13.4. The molecule has 45 heavy (non-hydrogen) atoms. The number of rotatable bonds is 9. The van der Waals surface area contributed by atoms with Gasteiger partial charge in [-0.15, -0.1) is 11.8 Å². The van der Waals surface area contributed by atoms with Crippen LogP contribution in [0.2, 0.25) is 4.34 Å². The van der Waals surface area contributed by atoms with Crippen molar-refractivity contribution in [2.24, 2.45) is 5.16 Å². The molecule has 3 atom stereocenters. The summed E-state index contributed by atoms with van der Waals surface area (Å²) in [5.74, 6) is -2.35. The first-order chi connectivity index (χ1) is 21.7. The predicted molar refractivity (Wildman–Crippen MR) is 177 cm³/mol. The Morgan fingerprint density at radius 3 is 2.02 bits per heavy atom. The molecule has 3 heterocycles. The van der Waals surface area contributed by atoms with E-state index in [0.717, 1.165) is 28.0 Å². The normalized spacial score (nSPS) is 19.8. The lowest BCUT2D eigenvalue weighted by atomic mass is 9.80. The molecule has 228 valence electrons. The first-order valence-corrected chi connectivity index (χ1v) is 16.2. The van der Waals surface area contributed by atoms with Gasteiger partial charge in [-0.25, -0.2) is 9.78 Å². The minimum atomic E-state index is -1.32. The first-order valence-electron chi connectivity index (χ1n) is 13.6. The van der Waals surface area contributed by atoms with E-state index in [-0.39, 0.29) is 31.5 Å². The lowest BCUT2D eigenvalue weighted by Gasteiger charge is -2.51. The number of amides is 2. The zero-order valence-corrected chi connectivity index (χ0v) is 26.4. The van der Waals surface area contributed by atoms with Gasteiger partial charge in [-0.05, 0) is 0 Å². The average Bonchev–Trinajstić information content (AvgIpc) is 3.39. The number of β-lactam (4-membered cyclic amide) rings is 1. The first kappa shape index (κ1) is 30.7. The molecule has 2 amide bonds. The van der Waals surface area contributed by atoms with Gasteiger partial charge in [0.15, 0.2) is 16.9 Å². The number of thioether (sulfide) groups is 1. The number of nitrogens with two attached hydrogens (primary N) is 1. The number of hydrogen-bond donors (Lipinski definition) is 3. The third-order valence-electron chi connectivity index (χ3n) is 7.44. The van der Waals surface area contributed by atoms with Crippen LogP contribution in [0.15, 0.2) is 96.2 Å².